The van der Waals surface area contributed by atoms with Gasteiger partial charge in [0, 0.05) is 12.8 Å². The van der Waals surface area contributed by atoms with Crippen LogP contribution in [0.5, 0.6) is 0 Å². The van der Waals surface area contributed by atoms with E-state index in [4.69, 9.17) is 18.5 Å². The Morgan fingerprint density at radius 2 is 1.25 bits per heavy atom. The second kappa shape index (κ2) is 36.0. The number of rotatable bonds is 37. The Kier molecular flexibility index (Phi) is 34.5. The van der Waals surface area contributed by atoms with Crippen molar-refractivity contribution >= 4 is 19.8 Å². The molecule has 0 aliphatic heterocycles. The third-order valence-corrected chi connectivity index (χ3v) is 9.63. The molecule has 3 atom stereocenters. The summed E-state index contributed by atoms with van der Waals surface area (Å²) in [5.74, 6) is -0.938. The number of hydrogen-bond donors (Lipinski definition) is 2. The summed E-state index contributed by atoms with van der Waals surface area (Å²) in [6, 6.07) is 0. The third kappa shape index (κ3) is 39.7. The molecule has 10 nitrogen and oxygen atoms in total. The van der Waals surface area contributed by atoms with Gasteiger partial charge >= 0.3 is 19.8 Å². The molecular weight excluding hydrogens is 717 g/mol. The van der Waals surface area contributed by atoms with Crippen LogP contribution in [0, 0.1) is 0 Å². The zero-order valence-corrected chi connectivity index (χ0v) is 36.1. The number of hydrogen-bond acceptors (Lipinski definition) is 8. The lowest BCUT2D eigenvalue weighted by Crippen LogP contribution is -2.37. The predicted molar refractivity (Wildman–Crippen MR) is 225 cm³/mol. The van der Waals surface area contributed by atoms with Gasteiger partial charge in [-0.2, -0.15) is 0 Å². The number of allylic oxidation sites excluding steroid dienone is 8. The lowest BCUT2D eigenvalue weighted by Gasteiger charge is -2.24. The average Bonchev–Trinajstić information content (AvgIpc) is 3.13. The van der Waals surface area contributed by atoms with Gasteiger partial charge in [0.05, 0.1) is 33.9 Å². The van der Waals surface area contributed by atoms with Crippen LogP contribution in [0.2, 0.25) is 0 Å². The molecule has 0 heterocycles. The van der Waals surface area contributed by atoms with Gasteiger partial charge in [-0.1, -0.05) is 152 Å². The summed E-state index contributed by atoms with van der Waals surface area (Å²) in [4.78, 5) is 35.3. The van der Waals surface area contributed by atoms with Crippen LogP contribution < -0.4 is 0 Å². The molecule has 2 N–H and O–H groups in total. The SMILES string of the molecule is CC/C=C\C/C=C\C/C=C\C=C\C(O)C/C=C\CCCC(=O)OC(COC(=O)CCCCCCCCCCCCCCC)COP(=O)(O)OCC[N+](C)(C)C. The van der Waals surface area contributed by atoms with Gasteiger partial charge in [-0.25, -0.2) is 4.57 Å². The minimum atomic E-state index is -4.41. The highest BCUT2D eigenvalue weighted by atomic mass is 31.2. The lowest BCUT2D eigenvalue weighted by atomic mass is 10.0. The molecule has 0 aromatic rings. The zero-order valence-electron chi connectivity index (χ0n) is 35.3. The number of aliphatic hydroxyl groups is 1. The van der Waals surface area contributed by atoms with E-state index < -0.39 is 38.6 Å². The van der Waals surface area contributed by atoms with Crippen LogP contribution in [0.25, 0.3) is 0 Å². The van der Waals surface area contributed by atoms with E-state index in [-0.39, 0.29) is 26.1 Å². The molecule has 55 heavy (non-hydrogen) atoms. The van der Waals surface area contributed by atoms with E-state index in [9.17, 15) is 24.2 Å². The van der Waals surface area contributed by atoms with Crippen LogP contribution in [0.3, 0.4) is 0 Å². The zero-order chi connectivity index (χ0) is 40.9. The largest absolute Gasteiger partial charge is 0.472 e. The molecule has 0 fully saturated rings. The van der Waals surface area contributed by atoms with Gasteiger partial charge < -0.3 is 24.0 Å². The maximum atomic E-state index is 12.7. The van der Waals surface area contributed by atoms with E-state index in [1.165, 1.54) is 64.2 Å². The van der Waals surface area contributed by atoms with Gasteiger partial charge in [0.2, 0.25) is 0 Å². The molecule has 0 bridgehead atoms. The Morgan fingerprint density at radius 3 is 1.87 bits per heavy atom. The standard InChI is InChI=1S/C44H78NO9P/c1-6-8-10-12-14-16-18-19-20-22-24-26-31-35-43(47)51-39-42(40-53-55(49,50)52-38-37-45(3,4)5)54-44(48)36-32-28-27-30-34-41(46)33-29-25-23-21-17-15-13-11-9-7-2/h9,11,15,17,23,25,27,29-30,33,41-42,46H,6-8,10,12-14,16,18-22,24,26,28,31-32,34-40H2,1-5H3/p+1/b11-9-,17-15-,25-23-,30-27-,33-29+. The van der Waals surface area contributed by atoms with Crippen molar-refractivity contribution in [3.63, 3.8) is 0 Å². The van der Waals surface area contributed by atoms with E-state index >= 15 is 0 Å². The fourth-order valence-corrected chi connectivity index (χ4v) is 6.05. The van der Waals surface area contributed by atoms with Gasteiger partial charge in [-0.3, -0.25) is 18.6 Å². The minimum absolute atomic E-state index is 0.00314. The molecule has 0 rings (SSSR count). The highest BCUT2D eigenvalue weighted by Crippen LogP contribution is 2.43. The summed E-state index contributed by atoms with van der Waals surface area (Å²) in [6.45, 7) is 4.11. The number of ether oxygens (including phenoxy) is 2. The minimum Gasteiger partial charge on any atom is -0.462 e. The van der Waals surface area contributed by atoms with Crippen molar-refractivity contribution < 1.29 is 47.2 Å². The molecule has 318 valence electrons. The lowest BCUT2D eigenvalue weighted by molar-refractivity contribution is -0.870. The number of likely N-dealkylation sites (N-methyl/N-ethyl adjacent to an activating group) is 1. The Labute approximate surface area is 335 Å². The Hall–Kier alpha value is -2.33. The first-order valence-corrected chi connectivity index (χ1v) is 22.6. The van der Waals surface area contributed by atoms with E-state index in [2.05, 4.69) is 38.2 Å². The number of unbranched alkanes of at least 4 members (excludes halogenated alkanes) is 13. The Bertz CT molecular complexity index is 1140. The molecule has 0 aliphatic carbocycles. The topological polar surface area (TPSA) is 129 Å². The second-order valence-electron chi connectivity index (χ2n) is 15.2. The smallest absolute Gasteiger partial charge is 0.462 e. The quantitative estimate of drug-likeness (QED) is 0.0158. The molecular formula is C44H79NO9P+. The number of quaternary nitrogens is 1. The van der Waals surface area contributed by atoms with Crippen LogP contribution >= 0.6 is 7.82 Å². The fraction of sp³-hybridized carbons (Fsp3) is 0.727. The molecule has 0 aromatic carbocycles. The molecule has 0 saturated heterocycles. The monoisotopic (exact) mass is 797 g/mol. The van der Waals surface area contributed by atoms with Gasteiger partial charge in [-0.05, 0) is 44.9 Å². The number of carbonyl (C=O) groups is 2. The maximum Gasteiger partial charge on any atom is 0.472 e. The fourth-order valence-electron chi connectivity index (χ4n) is 5.31. The van der Waals surface area contributed by atoms with E-state index in [1.54, 1.807) is 6.08 Å². The highest BCUT2D eigenvalue weighted by Gasteiger charge is 2.27. The number of phosphoric acid groups is 1. The number of aliphatic hydroxyl groups excluding tert-OH is 1. The normalized spacial score (nSPS) is 14.8. The van der Waals surface area contributed by atoms with Crippen molar-refractivity contribution in [1.82, 2.24) is 0 Å². The molecule has 0 aromatic heterocycles. The summed E-state index contributed by atoms with van der Waals surface area (Å²) in [7, 11) is 1.38. The molecule has 0 amide bonds. The van der Waals surface area contributed by atoms with E-state index in [1.807, 2.05) is 51.5 Å². The summed E-state index contributed by atoms with van der Waals surface area (Å²) in [6.07, 6.45) is 38.7. The van der Waals surface area contributed by atoms with Crippen LogP contribution in [-0.4, -0.2) is 86.1 Å². The van der Waals surface area contributed by atoms with Gasteiger partial charge in [0.25, 0.3) is 0 Å². The number of nitrogens with zero attached hydrogens (tertiary/aromatic N) is 1. The van der Waals surface area contributed by atoms with Gasteiger partial charge in [-0.15, -0.1) is 0 Å². The molecule has 0 spiro atoms. The highest BCUT2D eigenvalue weighted by molar-refractivity contribution is 7.47. The first kappa shape index (κ1) is 52.7. The number of phosphoric ester groups is 1. The van der Waals surface area contributed by atoms with Crippen molar-refractivity contribution in [3.8, 4) is 0 Å². The van der Waals surface area contributed by atoms with Crippen molar-refractivity contribution in [2.45, 2.75) is 161 Å². The van der Waals surface area contributed by atoms with E-state index in [0.29, 0.717) is 30.3 Å². The molecule has 0 saturated carbocycles. The van der Waals surface area contributed by atoms with Crippen molar-refractivity contribution in [2.24, 2.45) is 0 Å². The Morgan fingerprint density at radius 1 is 0.673 bits per heavy atom. The van der Waals surface area contributed by atoms with Crippen LogP contribution in [0.4, 0.5) is 0 Å². The van der Waals surface area contributed by atoms with Crippen LogP contribution in [0.1, 0.15) is 149 Å². The third-order valence-electron chi connectivity index (χ3n) is 8.64. The van der Waals surface area contributed by atoms with Crippen molar-refractivity contribution in [1.29, 1.82) is 0 Å². The van der Waals surface area contributed by atoms with Crippen molar-refractivity contribution in [2.75, 3.05) is 47.5 Å². The summed E-state index contributed by atoms with van der Waals surface area (Å²) in [5.41, 5.74) is 0. The average molecular weight is 797 g/mol. The van der Waals surface area contributed by atoms with Crippen LogP contribution in [-0.2, 0) is 32.7 Å². The molecule has 11 heteroatoms. The predicted octanol–water partition coefficient (Wildman–Crippen LogP) is 10.7. The second-order valence-corrected chi connectivity index (χ2v) is 16.7. The summed E-state index contributed by atoms with van der Waals surface area (Å²) in [5, 5.41) is 10.2. The first-order chi connectivity index (χ1) is 26.4. The summed E-state index contributed by atoms with van der Waals surface area (Å²) < 4.78 is 34.1. The maximum absolute atomic E-state index is 12.7. The molecule has 3 unspecified atom stereocenters. The van der Waals surface area contributed by atoms with Crippen LogP contribution in [0.15, 0.2) is 60.8 Å². The van der Waals surface area contributed by atoms with Gasteiger partial charge in [0.1, 0.15) is 19.8 Å². The summed E-state index contributed by atoms with van der Waals surface area (Å²) >= 11 is 0. The molecule has 0 radical (unpaired) electrons. The molecule has 0 aliphatic rings. The Balaban J connectivity index is 4.58. The van der Waals surface area contributed by atoms with E-state index in [0.717, 1.165) is 38.5 Å². The van der Waals surface area contributed by atoms with Gasteiger partial charge in [0.15, 0.2) is 6.10 Å². The number of esters is 2. The first-order valence-electron chi connectivity index (χ1n) is 21.1. The number of carbonyl (C=O) groups excluding carboxylic acids is 2. The van der Waals surface area contributed by atoms with Crippen molar-refractivity contribution in [3.05, 3.63) is 60.8 Å².